The molecule has 0 aliphatic carbocycles. The fourth-order valence-corrected chi connectivity index (χ4v) is 0.807. The summed E-state index contributed by atoms with van der Waals surface area (Å²) < 4.78 is 5.24. The Balaban J connectivity index is 3.28. The van der Waals surface area contributed by atoms with E-state index < -0.39 is 5.92 Å². The van der Waals surface area contributed by atoms with Crippen molar-refractivity contribution < 1.29 is 9.53 Å². The molecule has 0 aromatic carbocycles. The highest BCUT2D eigenvalue weighted by Crippen LogP contribution is 1.90. The highest BCUT2D eigenvalue weighted by Gasteiger charge is 2.09. The highest BCUT2D eigenvalue weighted by molar-refractivity contribution is 5.80. The molecule has 4 heteroatoms. The van der Waals surface area contributed by atoms with E-state index >= 15 is 0 Å². The number of carbonyl (C=O) groups is 1. The first kappa shape index (κ1) is 12.9. The molecule has 0 bridgehead atoms. The fraction of sp³-hybridized carbons (Fsp3) is 0.800. The molecule has 0 aliphatic heterocycles. The molecular formula is C10H18N2O2. The van der Waals surface area contributed by atoms with Crippen LogP contribution in [0.1, 0.15) is 26.7 Å². The van der Waals surface area contributed by atoms with Crippen molar-refractivity contribution in [2.24, 2.45) is 5.92 Å². The Labute approximate surface area is 85.2 Å². The Bertz CT molecular complexity index is 199. The number of hydrogen-bond acceptors (Lipinski definition) is 3. The Hall–Kier alpha value is -1.08. The number of nitrogens with zero attached hydrogens (tertiary/aromatic N) is 1. The maximum atomic E-state index is 11.1. The van der Waals surface area contributed by atoms with Gasteiger partial charge in [-0.1, -0.05) is 13.3 Å². The summed E-state index contributed by atoms with van der Waals surface area (Å²) in [5.41, 5.74) is 0. The minimum absolute atomic E-state index is 0.230. The maximum absolute atomic E-state index is 11.1. The number of amides is 1. The summed E-state index contributed by atoms with van der Waals surface area (Å²) in [4.78, 5) is 11.1. The van der Waals surface area contributed by atoms with Crippen LogP contribution in [0, 0.1) is 17.2 Å². The van der Waals surface area contributed by atoms with E-state index in [9.17, 15) is 4.79 Å². The first-order chi connectivity index (χ1) is 6.72. The Morgan fingerprint density at radius 3 is 2.86 bits per heavy atom. The van der Waals surface area contributed by atoms with Crippen LogP contribution in [-0.4, -0.2) is 25.7 Å². The zero-order valence-electron chi connectivity index (χ0n) is 8.88. The zero-order chi connectivity index (χ0) is 10.8. The number of hydrogen-bond donors (Lipinski definition) is 1. The van der Waals surface area contributed by atoms with Crippen molar-refractivity contribution in [3.8, 4) is 6.07 Å². The monoisotopic (exact) mass is 198 g/mol. The number of nitrogens with one attached hydrogen (secondary N) is 1. The number of nitriles is 1. The van der Waals surface area contributed by atoms with Crippen molar-refractivity contribution in [3.63, 3.8) is 0 Å². The van der Waals surface area contributed by atoms with Crippen molar-refractivity contribution in [2.75, 3.05) is 19.8 Å². The van der Waals surface area contributed by atoms with Crippen molar-refractivity contribution in [2.45, 2.75) is 26.7 Å². The lowest BCUT2D eigenvalue weighted by Gasteiger charge is -2.06. The molecule has 0 saturated heterocycles. The Morgan fingerprint density at radius 1 is 1.57 bits per heavy atom. The van der Waals surface area contributed by atoms with E-state index in [2.05, 4.69) is 12.2 Å². The Morgan fingerprint density at radius 2 is 2.29 bits per heavy atom. The van der Waals surface area contributed by atoms with Gasteiger partial charge in [0.2, 0.25) is 5.91 Å². The van der Waals surface area contributed by atoms with Crippen LogP contribution in [-0.2, 0) is 9.53 Å². The van der Waals surface area contributed by atoms with Gasteiger partial charge in [0.25, 0.3) is 0 Å². The van der Waals surface area contributed by atoms with Crippen molar-refractivity contribution in [1.82, 2.24) is 5.32 Å². The van der Waals surface area contributed by atoms with Gasteiger partial charge in [0.05, 0.1) is 12.7 Å². The number of rotatable bonds is 7. The smallest absolute Gasteiger partial charge is 0.237 e. The van der Waals surface area contributed by atoms with Crippen LogP contribution in [0.3, 0.4) is 0 Å². The molecule has 0 rings (SSSR count). The molecule has 1 amide bonds. The molecule has 80 valence electrons. The minimum atomic E-state index is -0.578. The summed E-state index contributed by atoms with van der Waals surface area (Å²) in [6.07, 6.45) is 2.15. The first-order valence-corrected chi connectivity index (χ1v) is 4.97. The molecule has 0 saturated carbocycles. The molecule has 0 aromatic rings. The van der Waals surface area contributed by atoms with Gasteiger partial charge in [0.15, 0.2) is 0 Å². The average Bonchev–Trinajstić information content (AvgIpc) is 2.21. The van der Waals surface area contributed by atoms with Crippen LogP contribution < -0.4 is 5.32 Å². The normalized spacial score (nSPS) is 11.8. The molecule has 0 aromatic heterocycles. The van der Waals surface area contributed by atoms with Crippen LogP contribution in [0.4, 0.5) is 0 Å². The van der Waals surface area contributed by atoms with E-state index in [1.54, 1.807) is 6.92 Å². The fourth-order valence-electron chi connectivity index (χ4n) is 0.807. The van der Waals surface area contributed by atoms with Crippen LogP contribution in [0.25, 0.3) is 0 Å². The lowest BCUT2D eigenvalue weighted by Crippen LogP contribution is -2.31. The predicted molar refractivity (Wildman–Crippen MR) is 53.5 cm³/mol. The third-order valence-corrected chi connectivity index (χ3v) is 1.77. The van der Waals surface area contributed by atoms with Gasteiger partial charge in [-0.25, -0.2) is 0 Å². The molecule has 1 atom stereocenters. The maximum Gasteiger partial charge on any atom is 0.237 e. The average molecular weight is 198 g/mol. The van der Waals surface area contributed by atoms with Crippen LogP contribution in [0.5, 0.6) is 0 Å². The van der Waals surface area contributed by atoms with Crippen LogP contribution in [0.15, 0.2) is 0 Å². The summed E-state index contributed by atoms with van der Waals surface area (Å²) in [6, 6.07) is 1.87. The van der Waals surface area contributed by atoms with Crippen molar-refractivity contribution >= 4 is 5.91 Å². The summed E-state index contributed by atoms with van der Waals surface area (Å²) in [6.45, 7) is 5.41. The summed E-state index contributed by atoms with van der Waals surface area (Å²) in [5, 5.41) is 11.1. The SMILES string of the molecule is CCCCOCCNC(=O)C(C)C#N. The molecule has 0 aliphatic rings. The molecule has 4 nitrogen and oxygen atoms in total. The third kappa shape index (κ3) is 6.44. The first-order valence-electron chi connectivity index (χ1n) is 4.97. The number of ether oxygens (including phenoxy) is 1. The standard InChI is InChI=1S/C10H18N2O2/c1-3-4-6-14-7-5-12-10(13)9(2)8-11/h9H,3-7H2,1-2H3,(H,12,13). The van der Waals surface area contributed by atoms with Gasteiger partial charge in [-0.2, -0.15) is 5.26 Å². The third-order valence-electron chi connectivity index (χ3n) is 1.77. The topological polar surface area (TPSA) is 62.1 Å². The molecule has 1 N–H and O–H groups in total. The van der Waals surface area contributed by atoms with Gasteiger partial charge >= 0.3 is 0 Å². The van der Waals surface area contributed by atoms with E-state index in [0.717, 1.165) is 19.4 Å². The van der Waals surface area contributed by atoms with Crippen LogP contribution in [0.2, 0.25) is 0 Å². The molecule has 0 spiro atoms. The van der Waals surface area contributed by atoms with Gasteiger partial charge in [0, 0.05) is 13.2 Å². The number of unbranched alkanes of at least 4 members (excludes halogenated alkanes) is 1. The summed E-state index contributed by atoms with van der Waals surface area (Å²) in [7, 11) is 0. The largest absolute Gasteiger partial charge is 0.380 e. The molecule has 1 unspecified atom stereocenters. The molecule has 0 fully saturated rings. The van der Waals surface area contributed by atoms with Gasteiger partial charge in [0.1, 0.15) is 5.92 Å². The second kappa shape index (κ2) is 8.52. The van der Waals surface area contributed by atoms with Gasteiger partial charge in [-0.05, 0) is 13.3 Å². The minimum Gasteiger partial charge on any atom is -0.380 e. The van der Waals surface area contributed by atoms with Crippen LogP contribution >= 0.6 is 0 Å². The van der Waals surface area contributed by atoms with E-state index in [0.29, 0.717) is 13.2 Å². The van der Waals surface area contributed by atoms with E-state index in [-0.39, 0.29) is 5.91 Å². The second-order valence-corrected chi connectivity index (χ2v) is 3.11. The molecule has 14 heavy (non-hydrogen) atoms. The second-order valence-electron chi connectivity index (χ2n) is 3.11. The summed E-state index contributed by atoms with van der Waals surface area (Å²) >= 11 is 0. The molecular weight excluding hydrogens is 180 g/mol. The number of carbonyl (C=O) groups excluding carboxylic acids is 1. The predicted octanol–water partition coefficient (Wildman–Crippen LogP) is 1.08. The quantitative estimate of drug-likeness (QED) is 0.623. The van der Waals surface area contributed by atoms with E-state index in [4.69, 9.17) is 10.00 Å². The summed E-state index contributed by atoms with van der Waals surface area (Å²) in [5.74, 6) is -0.808. The van der Waals surface area contributed by atoms with Crippen molar-refractivity contribution in [1.29, 1.82) is 5.26 Å². The Kier molecular flexibility index (Phi) is 7.86. The lowest BCUT2D eigenvalue weighted by molar-refractivity contribution is -0.123. The van der Waals surface area contributed by atoms with E-state index in [1.165, 1.54) is 0 Å². The van der Waals surface area contributed by atoms with E-state index in [1.807, 2.05) is 6.07 Å². The zero-order valence-corrected chi connectivity index (χ0v) is 8.88. The van der Waals surface area contributed by atoms with Gasteiger partial charge in [-0.15, -0.1) is 0 Å². The van der Waals surface area contributed by atoms with Gasteiger partial charge in [-0.3, -0.25) is 4.79 Å². The highest BCUT2D eigenvalue weighted by atomic mass is 16.5. The van der Waals surface area contributed by atoms with Gasteiger partial charge < -0.3 is 10.1 Å². The molecule has 0 radical (unpaired) electrons. The molecule has 0 heterocycles. The lowest BCUT2D eigenvalue weighted by atomic mass is 10.2. The van der Waals surface area contributed by atoms with Crippen molar-refractivity contribution in [3.05, 3.63) is 0 Å².